The van der Waals surface area contributed by atoms with Crippen LogP contribution in [0.25, 0.3) is 17.2 Å². The summed E-state index contributed by atoms with van der Waals surface area (Å²) in [7, 11) is -3.36. The molecular formula is C18H20Cl2FN5O2S. The Labute approximate surface area is 180 Å². The third-order valence-electron chi connectivity index (χ3n) is 4.71. The van der Waals surface area contributed by atoms with Gasteiger partial charge >= 0.3 is 0 Å². The fourth-order valence-corrected chi connectivity index (χ4v) is 3.76. The lowest BCUT2D eigenvalue weighted by Gasteiger charge is -2.31. The number of aromatic nitrogens is 4. The Morgan fingerprint density at radius 1 is 1.10 bits per heavy atom. The summed E-state index contributed by atoms with van der Waals surface area (Å²) in [4.78, 5) is 4.32. The number of hydrogen-bond acceptors (Lipinski definition) is 6. The van der Waals surface area contributed by atoms with E-state index in [1.807, 2.05) is 0 Å². The van der Waals surface area contributed by atoms with Crippen LogP contribution < -0.4 is 5.73 Å². The predicted molar refractivity (Wildman–Crippen MR) is 112 cm³/mol. The van der Waals surface area contributed by atoms with Gasteiger partial charge in [0.15, 0.2) is 15.7 Å². The number of para-hydroxylation sites is 1. The zero-order valence-electron chi connectivity index (χ0n) is 15.4. The third-order valence-corrected chi connectivity index (χ3v) is 5.81. The Kier molecular flexibility index (Phi) is 7.00. The van der Waals surface area contributed by atoms with Crippen molar-refractivity contribution in [3.05, 3.63) is 54.2 Å². The van der Waals surface area contributed by atoms with Gasteiger partial charge in [0, 0.05) is 24.4 Å². The van der Waals surface area contributed by atoms with Crippen molar-refractivity contribution in [1.29, 1.82) is 0 Å². The molecule has 0 unspecified atom stereocenters. The zero-order chi connectivity index (χ0) is 19.2. The van der Waals surface area contributed by atoms with Gasteiger partial charge in [0.1, 0.15) is 17.3 Å². The van der Waals surface area contributed by atoms with Crippen LogP contribution in [0.3, 0.4) is 0 Å². The molecule has 2 aromatic heterocycles. The second-order valence-corrected chi connectivity index (χ2v) is 8.76. The van der Waals surface area contributed by atoms with Crippen LogP contribution in [0.15, 0.2) is 47.5 Å². The first-order valence-electron chi connectivity index (χ1n) is 8.47. The summed E-state index contributed by atoms with van der Waals surface area (Å²) in [5.74, 6) is 0.675. The summed E-state index contributed by atoms with van der Waals surface area (Å²) in [5.41, 5.74) is 6.63. The molecule has 29 heavy (non-hydrogen) atoms. The quantitative estimate of drug-likeness (QED) is 0.642. The van der Waals surface area contributed by atoms with Gasteiger partial charge in [-0.3, -0.25) is 9.55 Å². The molecule has 1 fully saturated rings. The fourth-order valence-electron chi connectivity index (χ4n) is 3.20. The maximum Gasteiger partial charge on any atom is 0.187 e. The standard InChI is InChI=1S/C18H18FN5O2S.2ClH/c1-27(25,26)13-6-7-15(21-10-13)18-23-22-17(11-8-12(20)9-11)24(18)16-5-3-2-4-14(16)19;;/h2-7,10-12H,8-9,20H2,1H3;2*1H. The Morgan fingerprint density at radius 2 is 1.79 bits per heavy atom. The lowest BCUT2D eigenvalue weighted by Crippen LogP contribution is -2.36. The molecule has 0 radical (unpaired) electrons. The minimum absolute atomic E-state index is 0. The first-order valence-corrected chi connectivity index (χ1v) is 10.4. The van der Waals surface area contributed by atoms with Crippen molar-refractivity contribution in [3.8, 4) is 17.2 Å². The van der Waals surface area contributed by atoms with E-state index < -0.39 is 15.7 Å². The van der Waals surface area contributed by atoms with E-state index in [0.717, 1.165) is 19.1 Å². The van der Waals surface area contributed by atoms with E-state index in [2.05, 4.69) is 15.2 Å². The fraction of sp³-hybridized carbons (Fsp3) is 0.278. The normalized spacial score (nSPS) is 18.3. The minimum Gasteiger partial charge on any atom is -0.328 e. The molecule has 11 heteroatoms. The van der Waals surface area contributed by atoms with Crippen molar-refractivity contribution in [1.82, 2.24) is 19.7 Å². The molecule has 1 aliphatic carbocycles. The molecular weight excluding hydrogens is 440 g/mol. The van der Waals surface area contributed by atoms with Gasteiger partial charge in [0.05, 0.1) is 10.6 Å². The average Bonchev–Trinajstić information content (AvgIpc) is 3.03. The molecule has 3 aromatic rings. The van der Waals surface area contributed by atoms with Crippen LogP contribution in [0.2, 0.25) is 0 Å². The second-order valence-electron chi connectivity index (χ2n) is 6.75. The highest BCUT2D eigenvalue weighted by Gasteiger charge is 2.33. The number of halogens is 3. The maximum absolute atomic E-state index is 14.5. The molecule has 2 N–H and O–H groups in total. The van der Waals surface area contributed by atoms with Crippen molar-refractivity contribution in [2.24, 2.45) is 5.73 Å². The molecule has 2 heterocycles. The lowest BCUT2D eigenvalue weighted by atomic mass is 9.80. The SMILES string of the molecule is CS(=O)(=O)c1ccc(-c2nnc(C3CC(N)C3)n2-c2ccccc2F)nc1.Cl.Cl. The van der Waals surface area contributed by atoms with Crippen LogP contribution in [0.1, 0.15) is 24.6 Å². The number of benzene rings is 1. The number of pyridine rings is 1. The van der Waals surface area contributed by atoms with Gasteiger partial charge in [-0.1, -0.05) is 12.1 Å². The molecule has 1 aliphatic rings. The number of nitrogens with zero attached hydrogens (tertiary/aromatic N) is 4. The Morgan fingerprint density at radius 3 is 2.34 bits per heavy atom. The van der Waals surface area contributed by atoms with Crippen LogP contribution in [0.4, 0.5) is 4.39 Å². The largest absolute Gasteiger partial charge is 0.328 e. The van der Waals surface area contributed by atoms with Crippen molar-refractivity contribution in [2.75, 3.05) is 6.26 Å². The number of sulfone groups is 1. The number of rotatable bonds is 4. The molecule has 0 amide bonds. The van der Waals surface area contributed by atoms with Crippen LogP contribution in [-0.2, 0) is 9.84 Å². The zero-order valence-corrected chi connectivity index (χ0v) is 17.8. The van der Waals surface area contributed by atoms with Gasteiger partial charge in [-0.2, -0.15) is 0 Å². The number of hydrogen-bond donors (Lipinski definition) is 1. The minimum atomic E-state index is -3.36. The topological polar surface area (TPSA) is 104 Å². The Bertz CT molecular complexity index is 1100. The summed E-state index contributed by atoms with van der Waals surface area (Å²) in [6, 6.07) is 9.48. The summed E-state index contributed by atoms with van der Waals surface area (Å²) in [5, 5.41) is 8.49. The molecule has 156 valence electrons. The molecule has 0 spiro atoms. The van der Waals surface area contributed by atoms with E-state index in [1.165, 1.54) is 18.3 Å². The van der Waals surface area contributed by atoms with E-state index in [0.29, 0.717) is 23.0 Å². The molecule has 7 nitrogen and oxygen atoms in total. The summed E-state index contributed by atoms with van der Waals surface area (Å²) in [6.07, 6.45) is 3.90. The molecule has 4 rings (SSSR count). The molecule has 1 saturated carbocycles. The molecule has 0 bridgehead atoms. The van der Waals surface area contributed by atoms with Gasteiger partial charge in [0.2, 0.25) is 0 Å². The van der Waals surface area contributed by atoms with Gasteiger partial charge in [0.25, 0.3) is 0 Å². The predicted octanol–water partition coefficient (Wildman–Crippen LogP) is 2.92. The second kappa shape index (κ2) is 8.74. The first-order chi connectivity index (χ1) is 12.8. The molecule has 0 aliphatic heterocycles. The van der Waals surface area contributed by atoms with Gasteiger partial charge < -0.3 is 5.73 Å². The maximum atomic E-state index is 14.5. The average molecular weight is 460 g/mol. The lowest BCUT2D eigenvalue weighted by molar-refractivity contribution is 0.334. The highest BCUT2D eigenvalue weighted by molar-refractivity contribution is 7.90. The summed E-state index contributed by atoms with van der Waals surface area (Å²) in [6.45, 7) is 0. The van der Waals surface area contributed by atoms with E-state index in [4.69, 9.17) is 5.73 Å². The Balaban J connectivity index is 0.00000150. The highest BCUT2D eigenvalue weighted by Crippen LogP contribution is 2.37. The van der Waals surface area contributed by atoms with Crippen molar-refractivity contribution in [2.45, 2.75) is 29.7 Å². The number of nitrogens with two attached hydrogens (primary N) is 1. The summed E-state index contributed by atoms with van der Waals surface area (Å²) >= 11 is 0. The van der Waals surface area contributed by atoms with Gasteiger partial charge in [-0.05, 0) is 37.1 Å². The first kappa shape index (κ1) is 23.2. The van der Waals surface area contributed by atoms with Gasteiger partial charge in [-0.25, -0.2) is 12.8 Å². The third kappa shape index (κ3) is 4.42. The highest BCUT2D eigenvalue weighted by atomic mass is 35.5. The Hall–Kier alpha value is -2.07. The van der Waals surface area contributed by atoms with Crippen LogP contribution in [-0.4, -0.2) is 40.5 Å². The van der Waals surface area contributed by atoms with Crippen LogP contribution in [0, 0.1) is 5.82 Å². The molecule has 1 aromatic carbocycles. The van der Waals surface area contributed by atoms with E-state index in [1.54, 1.807) is 28.8 Å². The van der Waals surface area contributed by atoms with Crippen LogP contribution in [0.5, 0.6) is 0 Å². The van der Waals surface area contributed by atoms with Gasteiger partial charge in [-0.15, -0.1) is 35.0 Å². The monoisotopic (exact) mass is 459 g/mol. The van der Waals surface area contributed by atoms with Crippen molar-refractivity contribution in [3.63, 3.8) is 0 Å². The van der Waals surface area contributed by atoms with E-state index >= 15 is 0 Å². The molecule has 0 atom stereocenters. The summed E-state index contributed by atoms with van der Waals surface area (Å²) < 4.78 is 39.5. The van der Waals surface area contributed by atoms with E-state index in [9.17, 15) is 12.8 Å². The van der Waals surface area contributed by atoms with Crippen LogP contribution >= 0.6 is 24.8 Å². The smallest absolute Gasteiger partial charge is 0.187 e. The van der Waals surface area contributed by atoms with Crippen molar-refractivity contribution < 1.29 is 12.8 Å². The molecule has 0 saturated heterocycles. The van der Waals surface area contributed by atoms with Crippen molar-refractivity contribution >= 4 is 34.7 Å². The van der Waals surface area contributed by atoms with E-state index in [-0.39, 0.29) is 41.7 Å².